The Morgan fingerprint density at radius 2 is 2.29 bits per heavy atom. The molecule has 21 heavy (non-hydrogen) atoms. The van der Waals surface area contributed by atoms with Gasteiger partial charge in [0.15, 0.2) is 4.77 Å². The molecule has 1 saturated heterocycles. The Hall–Kier alpha value is -1.44. The van der Waals surface area contributed by atoms with E-state index in [0.717, 1.165) is 37.2 Å². The van der Waals surface area contributed by atoms with Crippen molar-refractivity contribution < 1.29 is 4.74 Å². The molecule has 0 bridgehead atoms. The number of likely N-dealkylation sites (N-methyl/N-ethyl adjacent to an activating group) is 1. The number of nitrogens with one attached hydrogen (secondary N) is 2. The van der Waals surface area contributed by atoms with E-state index in [4.69, 9.17) is 17.0 Å². The normalized spacial score (nSPS) is 20.8. The molecule has 0 aromatic carbocycles. The van der Waals surface area contributed by atoms with Gasteiger partial charge < -0.3 is 19.2 Å². The van der Waals surface area contributed by atoms with Crippen LogP contribution in [0.1, 0.15) is 12.0 Å². The number of aromatic nitrogens is 3. The van der Waals surface area contributed by atoms with Crippen molar-refractivity contribution in [3.63, 3.8) is 0 Å². The van der Waals surface area contributed by atoms with Gasteiger partial charge in [0.1, 0.15) is 5.52 Å². The van der Waals surface area contributed by atoms with E-state index in [1.54, 1.807) is 0 Å². The van der Waals surface area contributed by atoms with E-state index in [9.17, 15) is 4.79 Å². The third-order valence-electron chi connectivity index (χ3n) is 4.05. The molecule has 1 fully saturated rings. The van der Waals surface area contributed by atoms with Gasteiger partial charge in [0, 0.05) is 19.3 Å². The summed E-state index contributed by atoms with van der Waals surface area (Å²) in [6, 6.07) is 0. The summed E-state index contributed by atoms with van der Waals surface area (Å²) in [5.41, 5.74) is 2.31. The molecule has 0 saturated carbocycles. The molecule has 7 heteroatoms. The maximum atomic E-state index is 12.0. The van der Waals surface area contributed by atoms with Crippen LogP contribution in [-0.2, 0) is 11.3 Å². The second-order valence-electron chi connectivity index (χ2n) is 5.65. The molecule has 2 aromatic rings. The van der Waals surface area contributed by atoms with Gasteiger partial charge in [-0.2, -0.15) is 0 Å². The Morgan fingerprint density at radius 3 is 3.10 bits per heavy atom. The van der Waals surface area contributed by atoms with Gasteiger partial charge in [-0.3, -0.25) is 9.78 Å². The van der Waals surface area contributed by atoms with E-state index >= 15 is 0 Å². The highest BCUT2D eigenvalue weighted by Gasteiger charge is 2.18. The molecule has 6 nitrogen and oxygen atoms in total. The van der Waals surface area contributed by atoms with Crippen molar-refractivity contribution >= 4 is 23.3 Å². The van der Waals surface area contributed by atoms with Crippen LogP contribution in [0.4, 0.5) is 0 Å². The topological polar surface area (TPSA) is 66.0 Å². The first kappa shape index (κ1) is 14.5. The second-order valence-corrected chi connectivity index (χ2v) is 6.04. The molecule has 3 rings (SSSR count). The molecule has 2 aromatic heterocycles. The highest BCUT2D eigenvalue weighted by Crippen LogP contribution is 2.17. The molecule has 0 spiro atoms. The van der Waals surface area contributed by atoms with Gasteiger partial charge in [0.2, 0.25) is 0 Å². The van der Waals surface area contributed by atoms with Gasteiger partial charge in [-0.25, -0.2) is 0 Å². The fourth-order valence-corrected chi connectivity index (χ4v) is 3.08. The van der Waals surface area contributed by atoms with Crippen molar-refractivity contribution in [3.8, 4) is 0 Å². The Kier molecular flexibility index (Phi) is 3.97. The zero-order valence-electron chi connectivity index (χ0n) is 12.3. The number of fused-ring (bicyclic) bond motifs is 1. The average molecular weight is 308 g/mol. The smallest absolute Gasteiger partial charge is 0.276 e. The van der Waals surface area contributed by atoms with E-state index in [0.29, 0.717) is 16.8 Å². The fourth-order valence-electron chi connectivity index (χ4n) is 2.82. The first-order chi connectivity index (χ1) is 10.1. The molecule has 1 aliphatic rings. The minimum atomic E-state index is -0.166. The second kappa shape index (κ2) is 5.75. The lowest BCUT2D eigenvalue weighted by atomic mass is 10.2. The van der Waals surface area contributed by atoms with Crippen LogP contribution in [0.25, 0.3) is 11.0 Å². The van der Waals surface area contributed by atoms with Gasteiger partial charge in [0.05, 0.1) is 24.8 Å². The Morgan fingerprint density at radius 1 is 1.48 bits per heavy atom. The number of hydrogen-bond acceptors (Lipinski definition) is 4. The molecule has 0 radical (unpaired) electrons. The van der Waals surface area contributed by atoms with Gasteiger partial charge in [-0.05, 0) is 38.2 Å². The van der Waals surface area contributed by atoms with Crippen molar-refractivity contribution in [3.05, 3.63) is 26.9 Å². The Balaban J connectivity index is 1.98. The van der Waals surface area contributed by atoms with Gasteiger partial charge >= 0.3 is 0 Å². The molecule has 2 N–H and O–H groups in total. The number of rotatable bonds is 2. The zero-order chi connectivity index (χ0) is 15.0. The minimum absolute atomic E-state index is 0.116. The third kappa shape index (κ3) is 2.81. The number of ether oxygens (including phenoxy) is 1. The summed E-state index contributed by atoms with van der Waals surface area (Å²) < 4.78 is 8.35. The fraction of sp³-hybridized carbons (Fsp3) is 0.571. The zero-order valence-corrected chi connectivity index (χ0v) is 13.1. The van der Waals surface area contributed by atoms with Crippen molar-refractivity contribution in [1.82, 2.24) is 19.4 Å². The van der Waals surface area contributed by atoms with Crippen LogP contribution in [-0.4, -0.2) is 52.3 Å². The van der Waals surface area contributed by atoms with E-state index in [2.05, 4.69) is 21.9 Å². The molecule has 1 aliphatic heterocycles. The highest BCUT2D eigenvalue weighted by molar-refractivity contribution is 7.71. The van der Waals surface area contributed by atoms with Crippen LogP contribution in [0.3, 0.4) is 0 Å². The summed E-state index contributed by atoms with van der Waals surface area (Å²) in [4.78, 5) is 20.0. The first-order valence-corrected chi connectivity index (χ1v) is 7.58. The van der Waals surface area contributed by atoms with E-state index < -0.39 is 0 Å². The number of aromatic amines is 2. The van der Waals surface area contributed by atoms with Gasteiger partial charge in [0.25, 0.3) is 5.56 Å². The summed E-state index contributed by atoms with van der Waals surface area (Å²) in [6.07, 6.45) is 2.92. The van der Waals surface area contributed by atoms with Crippen LogP contribution < -0.4 is 5.56 Å². The maximum absolute atomic E-state index is 12.0. The van der Waals surface area contributed by atoms with E-state index in [1.807, 2.05) is 17.7 Å². The van der Waals surface area contributed by atoms with Crippen LogP contribution in [0.2, 0.25) is 0 Å². The van der Waals surface area contributed by atoms with E-state index in [-0.39, 0.29) is 11.7 Å². The molecular weight excluding hydrogens is 288 g/mol. The van der Waals surface area contributed by atoms with Crippen molar-refractivity contribution in [2.45, 2.75) is 26.0 Å². The van der Waals surface area contributed by atoms with E-state index in [1.165, 1.54) is 0 Å². The molecule has 1 unspecified atom stereocenters. The highest BCUT2D eigenvalue weighted by atomic mass is 32.1. The monoisotopic (exact) mass is 308 g/mol. The summed E-state index contributed by atoms with van der Waals surface area (Å²) in [5.74, 6) is 0. The molecular formula is C14H20N4O2S. The van der Waals surface area contributed by atoms with Crippen molar-refractivity contribution in [2.75, 3.05) is 26.7 Å². The average Bonchev–Trinajstić information content (AvgIpc) is 2.70. The largest absolute Gasteiger partial charge is 0.375 e. The lowest BCUT2D eigenvalue weighted by molar-refractivity contribution is 0.0511. The lowest BCUT2D eigenvalue weighted by Gasteiger charge is -2.18. The van der Waals surface area contributed by atoms with Crippen LogP contribution >= 0.6 is 12.2 Å². The lowest BCUT2D eigenvalue weighted by Crippen LogP contribution is -2.24. The van der Waals surface area contributed by atoms with Crippen LogP contribution in [0, 0.1) is 11.7 Å². The van der Waals surface area contributed by atoms with Crippen LogP contribution in [0.15, 0.2) is 11.0 Å². The van der Waals surface area contributed by atoms with Gasteiger partial charge in [-0.1, -0.05) is 0 Å². The predicted octanol–water partition coefficient (Wildman–Crippen LogP) is 1.42. The molecule has 0 aliphatic carbocycles. The summed E-state index contributed by atoms with van der Waals surface area (Å²) in [5, 5.41) is 0. The number of nitrogens with zero attached hydrogens (tertiary/aromatic N) is 2. The number of aryl methyl sites for hydroxylation is 1. The predicted molar refractivity (Wildman–Crippen MR) is 84.3 cm³/mol. The Labute approximate surface area is 127 Å². The molecule has 1 atom stereocenters. The first-order valence-electron chi connectivity index (χ1n) is 7.17. The standard InChI is InChI=1S/C14H20N4O2S/c1-9-7-15-11-12(9)18(14(21)16-13(11)19)8-10-3-4-17(2)5-6-20-10/h7,10,15H,3-6,8H2,1-2H3,(H,16,19,21). The summed E-state index contributed by atoms with van der Waals surface area (Å²) >= 11 is 5.35. The number of H-pyrrole nitrogens is 2. The van der Waals surface area contributed by atoms with Crippen molar-refractivity contribution in [2.24, 2.45) is 0 Å². The van der Waals surface area contributed by atoms with Gasteiger partial charge in [-0.15, -0.1) is 0 Å². The third-order valence-corrected chi connectivity index (χ3v) is 4.37. The molecule has 0 amide bonds. The molecule has 114 valence electrons. The van der Waals surface area contributed by atoms with Crippen molar-refractivity contribution in [1.29, 1.82) is 0 Å². The summed E-state index contributed by atoms with van der Waals surface area (Å²) in [7, 11) is 2.10. The SMILES string of the molecule is Cc1c[nH]c2c(=O)[nH]c(=S)n(CC3CCN(C)CCO3)c12. The summed E-state index contributed by atoms with van der Waals surface area (Å²) in [6.45, 7) is 5.33. The quantitative estimate of drug-likeness (QED) is 0.824. The molecule has 3 heterocycles. The number of hydrogen-bond donors (Lipinski definition) is 2. The van der Waals surface area contributed by atoms with Crippen LogP contribution in [0.5, 0.6) is 0 Å². The maximum Gasteiger partial charge on any atom is 0.276 e. The Bertz CT molecular complexity index is 760. The minimum Gasteiger partial charge on any atom is -0.375 e.